The van der Waals surface area contributed by atoms with Crippen molar-refractivity contribution in [3.05, 3.63) is 0 Å². The van der Waals surface area contributed by atoms with Gasteiger partial charge in [-0.1, -0.05) is 6.92 Å². The summed E-state index contributed by atoms with van der Waals surface area (Å²) in [4.78, 5) is 23.4. The van der Waals surface area contributed by atoms with Gasteiger partial charge in [-0.2, -0.15) is 0 Å². The monoisotopic (exact) mass is 219 g/mol. The Balaban J connectivity index is 2.31. The van der Waals surface area contributed by atoms with E-state index < -0.39 is 6.09 Å². The molecule has 0 radical (unpaired) electrons. The van der Waals surface area contributed by atoms with Crippen molar-refractivity contribution in [2.45, 2.75) is 12.2 Å². The molecule has 1 saturated heterocycles. The summed E-state index contributed by atoms with van der Waals surface area (Å²) < 4.78 is 4.63. The highest BCUT2D eigenvalue weighted by Crippen LogP contribution is 2.12. The van der Waals surface area contributed by atoms with Crippen LogP contribution in [0.3, 0.4) is 0 Å². The first-order valence-corrected chi connectivity index (χ1v) is 5.39. The van der Waals surface area contributed by atoms with Gasteiger partial charge in [-0.25, -0.2) is 9.69 Å². The number of amides is 2. The third kappa shape index (κ3) is 2.88. The van der Waals surface area contributed by atoms with Gasteiger partial charge < -0.3 is 9.84 Å². The van der Waals surface area contributed by atoms with E-state index in [4.69, 9.17) is 5.11 Å². The van der Waals surface area contributed by atoms with E-state index in [-0.39, 0.29) is 30.1 Å². The number of rotatable bonds is 4. The molecular weight excluding hydrogens is 206 g/mol. The number of cyclic esters (lactones) is 1. The zero-order valence-corrected chi connectivity index (χ0v) is 8.75. The number of thioether (sulfide) groups is 1. The van der Waals surface area contributed by atoms with Crippen molar-refractivity contribution in [3.63, 3.8) is 0 Å². The van der Waals surface area contributed by atoms with E-state index >= 15 is 0 Å². The molecule has 0 aromatic heterocycles. The van der Waals surface area contributed by atoms with Crippen LogP contribution in [0.5, 0.6) is 0 Å². The first-order chi connectivity index (χ1) is 6.65. The van der Waals surface area contributed by atoms with Gasteiger partial charge in [0.25, 0.3) is 0 Å². The maximum atomic E-state index is 11.4. The summed E-state index contributed by atoms with van der Waals surface area (Å²) in [5, 5.41) is 8.74. The molecule has 0 bridgehead atoms. The largest absolute Gasteiger partial charge is 0.447 e. The molecule has 1 fully saturated rings. The van der Waals surface area contributed by atoms with E-state index in [1.807, 2.05) is 6.92 Å². The zero-order chi connectivity index (χ0) is 10.6. The van der Waals surface area contributed by atoms with Gasteiger partial charge in [0.2, 0.25) is 5.91 Å². The third-order valence-corrected chi connectivity index (χ3v) is 2.94. The van der Waals surface area contributed by atoms with Crippen molar-refractivity contribution in [1.82, 2.24) is 4.90 Å². The van der Waals surface area contributed by atoms with Crippen LogP contribution in [0.2, 0.25) is 0 Å². The molecule has 1 atom stereocenters. The summed E-state index contributed by atoms with van der Waals surface area (Å²) >= 11 is 1.32. The van der Waals surface area contributed by atoms with Gasteiger partial charge in [0.05, 0.1) is 18.9 Å². The number of ether oxygens (including phenoxy) is 1. The van der Waals surface area contributed by atoms with E-state index in [2.05, 4.69) is 4.74 Å². The SMILES string of the molecule is CC(CO)SCC(=O)N1CCOC1=O. The summed E-state index contributed by atoms with van der Waals surface area (Å²) in [6, 6.07) is 0. The summed E-state index contributed by atoms with van der Waals surface area (Å²) in [6.45, 7) is 2.47. The van der Waals surface area contributed by atoms with E-state index in [1.54, 1.807) is 0 Å². The Morgan fingerprint density at radius 3 is 3.00 bits per heavy atom. The van der Waals surface area contributed by atoms with Crippen molar-refractivity contribution in [2.24, 2.45) is 0 Å². The molecule has 1 N–H and O–H groups in total. The predicted molar refractivity (Wildman–Crippen MR) is 52.1 cm³/mol. The number of nitrogens with zero attached hydrogens (tertiary/aromatic N) is 1. The third-order valence-electron chi connectivity index (χ3n) is 1.81. The molecule has 6 heteroatoms. The maximum absolute atomic E-state index is 11.4. The second kappa shape index (κ2) is 5.21. The Kier molecular flexibility index (Phi) is 4.21. The lowest BCUT2D eigenvalue weighted by Crippen LogP contribution is -2.33. The van der Waals surface area contributed by atoms with Gasteiger partial charge in [0.1, 0.15) is 6.61 Å². The Morgan fingerprint density at radius 2 is 2.50 bits per heavy atom. The normalized spacial score (nSPS) is 18.1. The van der Waals surface area contributed by atoms with Crippen LogP contribution >= 0.6 is 11.8 Å². The molecule has 0 aromatic rings. The van der Waals surface area contributed by atoms with Crippen LogP contribution in [0.4, 0.5) is 4.79 Å². The maximum Gasteiger partial charge on any atom is 0.416 e. The van der Waals surface area contributed by atoms with E-state index in [9.17, 15) is 9.59 Å². The lowest BCUT2D eigenvalue weighted by atomic mass is 10.5. The number of carbonyl (C=O) groups is 2. The quantitative estimate of drug-likeness (QED) is 0.725. The number of aliphatic hydroxyl groups excluding tert-OH is 1. The van der Waals surface area contributed by atoms with Crippen molar-refractivity contribution in [1.29, 1.82) is 0 Å². The first-order valence-electron chi connectivity index (χ1n) is 4.34. The van der Waals surface area contributed by atoms with Gasteiger partial charge >= 0.3 is 6.09 Å². The second-order valence-corrected chi connectivity index (χ2v) is 4.39. The van der Waals surface area contributed by atoms with Gasteiger partial charge in [0, 0.05) is 5.25 Å². The molecule has 14 heavy (non-hydrogen) atoms. The fourth-order valence-electron chi connectivity index (χ4n) is 0.964. The smallest absolute Gasteiger partial charge is 0.416 e. The molecule has 1 aliphatic heterocycles. The summed E-state index contributed by atoms with van der Waals surface area (Å²) in [5.74, 6) is -0.0469. The minimum atomic E-state index is -0.563. The van der Waals surface area contributed by atoms with Gasteiger partial charge in [-0.3, -0.25) is 4.79 Å². The fraction of sp³-hybridized carbons (Fsp3) is 0.750. The first kappa shape index (κ1) is 11.3. The predicted octanol–water partition coefficient (Wildman–Crippen LogP) is 0.0792. The Bertz CT molecular complexity index is 233. The molecule has 80 valence electrons. The minimum absolute atomic E-state index is 0.0116. The fourth-order valence-corrected chi connectivity index (χ4v) is 1.65. The number of imide groups is 1. The highest BCUT2D eigenvalue weighted by atomic mass is 32.2. The zero-order valence-electron chi connectivity index (χ0n) is 7.93. The van der Waals surface area contributed by atoms with Gasteiger partial charge in [0.15, 0.2) is 0 Å². The molecular formula is C8H13NO4S. The molecule has 0 saturated carbocycles. The Labute approximate surface area is 86.4 Å². The Morgan fingerprint density at radius 1 is 1.79 bits per heavy atom. The van der Waals surface area contributed by atoms with Crippen molar-refractivity contribution in [3.8, 4) is 0 Å². The van der Waals surface area contributed by atoms with Crippen LogP contribution in [0, 0.1) is 0 Å². The number of carbonyl (C=O) groups excluding carboxylic acids is 2. The molecule has 5 nitrogen and oxygen atoms in total. The van der Waals surface area contributed by atoms with Crippen molar-refractivity contribution in [2.75, 3.05) is 25.5 Å². The van der Waals surface area contributed by atoms with Crippen LogP contribution in [-0.2, 0) is 9.53 Å². The standard InChI is InChI=1S/C8H13NO4S/c1-6(4-10)14-5-7(11)9-2-3-13-8(9)12/h6,10H,2-5H2,1H3. The van der Waals surface area contributed by atoms with E-state index in [0.717, 1.165) is 4.90 Å². The molecule has 1 heterocycles. The van der Waals surface area contributed by atoms with Crippen LogP contribution in [-0.4, -0.2) is 52.8 Å². The van der Waals surface area contributed by atoms with E-state index in [1.165, 1.54) is 11.8 Å². The average Bonchev–Trinajstić information content (AvgIpc) is 2.60. The van der Waals surface area contributed by atoms with E-state index in [0.29, 0.717) is 6.54 Å². The summed E-state index contributed by atoms with van der Waals surface area (Å²) in [5.41, 5.74) is 0. The highest BCUT2D eigenvalue weighted by Gasteiger charge is 2.28. The number of hydrogen-bond donors (Lipinski definition) is 1. The molecule has 1 rings (SSSR count). The van der Waals surface area contributed by atoms with Crippen LogP contribution in [0.1, 0.15) is 6.92 Å². The topological polar surface area (TPSA) is 66.8 Å². The molecule has 1 aliphatic rings. The average molecular weight is 219 g/mol. The number of aliphatic hydroxyl groups is 1. The minimum Gasteiger partial charge on any atom is -0.447 e. The molecule has 1 unspecified atom stereocenters. The highest BCUT2D eigenvalue weighted by molar-refractivity contribution is 8.00. The van der Waals surface area contributed by atoms with Gasteiger partial charge in [-0.15, -0.1) is 11.8 Å². The lowest BCUT2D eigenvalue weighted by molar-refractivity contribution is -0.125. The van der Waals surface area contributed by atoms with Crippen molar-refractivity contribution >= 4 is 23.8 Å². The second-order valence-electron chi connectivity index (χ2n) is 2.96. The van der Waals surface area contributed by atoms with Crippen LogP contribution < -0.4 is 0 Å². The number of hydrogen-bond acceptors (Lipinski definition) is 5. The summed E-state index contributed by atoms with van der Waals surface area (Å²) in [7, 11) is 0. The lowest BCUT2D eigenvalue weighted by Gasteiger charge is -2.11. The Hall–Kier alpha value is -0.750. The van der Waals surface area contributed by atoms with Gasteiger partial charge in [-0.05, 0) is 0 Å². The summed E-state index contributed by atoms with van der Waals surface area (Å²) in [6.07, 6.45) is -0.563. The van der Waals surface area contributed by atoms with Crippen LogP contribution in [0.15, 0.2) is 0 Å². The molecule has 0 spiro atoms. The molecule has 0 aliphatic carbocycles. The van der Waals surface area contributed by atoms with Crippen LogP contribution in [0.25, 0.3) is 0 Å². The van der Waals surface area contributed by atoms with Crippen molar-refractivity contribution < 1.29 is 19.4 Å². The molecule has 2 amide bonds. The molecule has 0 aromatic carbocycles.